The summed E-state index contributed by atoms with van der Waals surface area (Å²) in [6.07, 6.45) is 1.55. The number of hydrogen-bond acceptors (Lipinski definition) is 4. The predicted octanol–water partition coefficient (Wildman–Crippen LogP) is 1.36. The van der Waals surface area contributed by atoms with Gasteiger partial charge in [-0.2, -0.15) is 0 Å². The minimum atomic E-state index is -0.377. The van der Waals surface area contributed by atoms with Crippen molar-refractivity contribution in [1.29, 1.82) is 0 Å². The van der Waals surface area contributed by atoms with Crippen LogP contribution >= 0.6 is 0 Å². The summed E-state index contributed by atoms with van der Waals surface area (Å²) in [5.74, 6) is 0.0223. The van der Waals surface area contributed by atoms with E-state index in [0.717, 1.165) is 0 Å². The Labute approximate surface area is 91.9 Å². The van der Waals surface area contributed by atoms with E-state index < -0.39 is 0 Å². The molecule has 0 bridgehead atoms. The number of benzene rings is 1. The van der Waals surface area contributed by atoms with Crippen molar-refractivity contribution >= 4 is 22.3 Å². The van der Waals surface area contributed by atoms with Crippen molar-refractivity contribution in [3.8, 4) is 0 Å². The van der Waals surface area contributed by atoms with E-state index in [2.05, 4.69) is 10.3 Å². The maximum atomic E-state index is 13.7. The molecule has 0 atom stereocenters. The molecule has 16 heavy (non-hydrogen) atoms. The van der Waals surface area contributed by atoms with Crippen LogP contribution in [0.3, 0.4) is 0 Å². The summed E-state index contributed by atoms with van der Waals surface area (Å²) in [5.41, 5.74) is 6.26. The van der Waals surface area contributed by atoms with E-state index in [0.29, 0.717) is 28.8 Å². The van der Waals surface area contributed by atoms with Crippen molar-refractivity contribution in [1.82, 2.24) is 4.98 Å². The number of aromatic nitrogens is 1. The summed E-state index contributed by atoms with van der Waals surface area (Å²) in [7, 11) is 0. The van der Waals surface area contributed by atoms with Crippen LogP contribution in [0.2, 0.25) is 0 Å². The zero-order valence-corrected chi connectivity index (χ0v) is 8.57. The van der Waals surface area contributed by atoms with Gasteiger partial charge in [0.15, 0.2) is 0 Å². The number of pyridine rings is 1. The number of nitrogens with one attached hydrogen (secondary N) is 1. The molecule has 4 nitrogen and oxygen atoms in total. The van der Waals surface area contributed by atoms with Crippen molar-refractivity contribution in [2.45, 2.75) is 0 Å². The van der Waals surface area contributed by atoms with Crippen molar-refractivity contribution in [3.63, 3.8) is 0 Å². The van der Waals surface area contributed by atoms with Gasteiger partial charge in [-0.15, -0.1) is 0 Å². The highest BCUT2D eigenvalue weighted by Gasteiger charge is 2.09. The summed E-state index contributed by atoms with van der Waals surface area (Å²) in [4.78, 5) is 4.03. The summed E-state index contributed by atoms with van der Waals surface area (Å²) in [5, 5.41) is 12.5. The minimum absolute atomic E-state index is 0.0397. The van der Waals surface area contributed by atoms with Gasteiger partial charge in [0.05, 0.1) is 12.0 Å². The second-order valence-corrected chi connectivity index (χ2v) is 3.37. The van der Waals surface area contributed by atoms with Gasteiger partial charge in [-0.05, 0) is 18.2 Å². The van der Waals surface area contributed by atoms with Gasteiger partial charge in [-0.3, -0.25) is 0 Å². The first-order chi connectivity index (χ1) is 7.74. The quantitative estimate of drug-likeness (QED) is 0.684. The third kappa shape index (κ3) is 1.77. The standard InChI is InChI=1S/C11H12FN3O/c12-8-1-2-9(13)7-3-4-14-11(10(7)8)15-5-6-16/h1-4,16H,5-6,13H2,(H,14,15). The van der Waals surface area contributed by atoms with Gasteiger partial charge in [0.2, 0.25) is 0 Å². The molecule has 1 aromatic carbocycles. The van der Waals surface area contributed by atoms with Crippen LogP contribution in [-0.2, 0) is 0 Å². The van der Waals surface area contributed by atoms with Crippen molar-refractivity contribution in [3.05, 3.63) is 30.2 Å². The molecule has 0 radical (unpaired) electrons. The van der Waals surface area contributed by atoms with E-state index in [1.807, 2.05) is 0 Å². The topological polar surface area (TPSA) is 71.2 Å². The number of fused-ring (bicyclic) bond motifs is 1. The molecule has 1 aromatic heterocycles. The Balaban J connectivity index is 2.61. The molecule has 0 fully saturated rings. The number of aliphatic hydroxyl groups excluding tert-OH is 1. The number of rotatable bonds is 3. The van der Waals surface area contributed by atoms with Crippen LogP contribution in [0.1, 0.15) is 0 Å². The molecular weight excluding hydrogens is 209 g/mol. The van der Waals surface area contributed by atoms with Crippen LogP contribution in [0.25, 0.3) is 10.8 Å². The SMILES string of the molecule is Nc1ccc(F)c2c(NCCO)nccc12. The Bertz CT molecular complexity index is 516. The average Bonchev–Trinajstić information content (AvgIpc) is 2.31. The molecule has 0 aliphatic heterocycles. The highest BCUT2D eigenvalue weighted by molar-refractivity contribution is 5.99. The van der Waals surface area contributed by atoms with Gasteiger partial charge < -0.3 is 16.2 Å². The normalized spacial score (nSPS) is 10.6. The second-order valence-electron chi connectivity index (χ2n) is 3.37. The first kappa shape index (κ1) is 10.6. The van der Waals surface area contributed by atoms with Crippen molar-refractivity contribution in [2.75, 3.05) is 24.2 Å². The van der Waals surface area contributed by atoms with Crippen LogP contribution in [0.15, 0.2) is 24.4 Å². The molecular formula is C11H12FN3O. The highest BCUT2D eigenvalue weighted by Crippen LogP contribution is 2.28. The number of aliphatic hydroxyl groups is 1. The molecule has 2 rings (SSSR count). The molecule has 84 valence electrons. The van der Waals surface area contributed by atoms with Gasteiger partial charge in [-0.25, -0.2) is 9.37 Å². The summed E-state index contributed by atoms with van der Waals surface area (Å²) in [6.45, 7) is 0.280. The van der Waals surface area contributed by atoms with E-state index in [9.17, 15) is 4.39 Å². The van der Waals surface area contributed by atoms with Crippen LogP contribution in [0.4, 0.5) is 15.9 Å². The number of nitrogen functional groups attached to an aromatic ring is 1. The third-order valence-electron chi connectivity index (χ3n) is 2.31. The van der Waals surface area contributed by atoms with E-state index >= 15 is 0 Å². The molecule has 2 aromatic rings. The van der Waals surface area contributed by atoms with Crippen molar-refractivity contribution < 1.29 is 9.50 Å². The monoisotopic (exact) mass is 221 g/mol. The Morgan fingerprint density at radius 2 is 2.19 bits per heavy atom. The Hall–Kier alpha value is -1.88. The Morgan fingerprint density at radius 3 is 2.94 bits per heavy atom. The fourth-order valence-corrected chi connectivity index (χ4v) is 1.59. The lowest BCUT2D eigenvalue weighted by molar-refractivity contribution is 0.311. The van der Waals surface area contributed by atoms with E-state index in [1.54, 1.807) is 12.3 Å². The van der Waals surface area contributed by atoms with Gasteiger partial charge in [0.25, 0.3) is 0 Å². The number of nitrogens with zero attached hydrogens (tertiary/aromatic N) is 1. The average molecular weight is 221 g/mol. The molecule has 0 aliphatic carbocycles. The fraction of sp³-hybridized carbons (Fsp3) is 0.182. The Kier molecular flexibility index (Phi) is 2.87. The number of hydrogen-bond donors (Lipinski definition) is 3. The van der Waals surface area contributed by atoms with Crippen LogP contribution in [0.5, 0.6) is 0 Å². The lowest BCUT2D eigenvalue weighted by Crippen LogP contribution is -2.08. The van der Waals surface area contributed by atoms with E-state index in [4.69, 9.17) is 10.8 Å². The first-order valence-electron chi connectivity index (χ1n) is 4.91. The summed E-state index contributed by atoms with van der Waals surface area (Å²) < 4.78 is 13.7. The molecule has 0 saturated heterocycles. The van der Waals surface area contributed by atoms with Gasteiger partial charge in [0, 0.05) is 23.8 Å². The Morgan fingerprint density at radius 1 is 1.38 bits per heavy atom. The second kappa shape index (κ2) is 4.32. The van der Waals surface area contributed by atoms with Gasteiger partial charge in [-0.1, -0.05) is 0 Å². The smallest absolute Gasteiger partial charge is 0.136 e. The number of nitrogens with two attached hydrogens (primary N) is 1. The molecule has 0 unspecified atom stereocenters. The lowest BCUT2D eigenvalue weighted by atomic mass is 10.1. The molecule has 4 N–H and O–H groups in total. The fourth-order valence-electron chi connectivity index (χ4n) is 1.59. The first-order valence-corrected chi connectivity index (χ1v) is 4.91. The zero-order chi connectivity index (χ0) is 11.5. The van der Waals surface area contributed by atoms with Crippen LogP contribution in [-0.4, -0.2) is 23.2 Å². The maximum absolute atomic E-state index is 13.7. The van der Waals surface area contributed by atoms with Crippen LogP contribution in [0, 0.1) is 5.82 Å². The minimum Gasteiger partial charge on any atom is -0.398 e. The van der Waals surface area contributed by atoms with Gasteiger partial charge in [0.1, 0.15) is 11.6 Å². The highest BCUT2D eigenvalue weighted by atomic mass is 19.1. The van der Waals surface area contributed by atoms with Gasteiger partial charge >= 0.3 is 0 Å². The third-order valence-corrected chi connectivity index (χ3v) is 2.31. The summed E-state index contributed by atoms with van der Waals surface area (Å²) in [6, 6.07) is 4.49. The maximum Gasteiger partial charge on any atom is 0.136 e. The van der Waals surface area contributed by atoms with Crippen molar-refractivity contribution in [2.24, 2.45) is 0 Å². The molecule has 0 spiro atoms. The molecule has 1 heterocycles. The molecule has 0 aliphatic rings. The van der Waals surface area contributed by atoms with E-state index in [1.165, 1.54) is 12.1 Å². The predicted molar refractivity (Wildman–Crippen MR) is 61.7 cm³/mol. The van der Waals surface area contributed by atoms with Crippen LogP contribution < -0.4 is 11.1 Å². The molecule has 0 saturated carbocycles. The molecule has 0 amide bonds. The zero-order valence-electron chi connectivity index (χ0n) is 8.57. The lowest BCUT2D eigenvalue weighted by Gasteiger charge is -2.09. The van der Waals surface area contributed by atoms with E-state index in [-0.39, 0.29) is 12.4 Å². The number of halogens is 1. The largest absolute Gasteiger partial charge is 0.398 e. The molecule has 5 heteroatoms. The summed E-state index contributed by atoms with van der Waals surface area (Å²) >= 11 is 0. The number of anilines is 2.